The highest BCUT2D eigenvalue weighted by Crippen LogP contribution is 2.44. The van der Waals surface area contributed by atoms with Gasteiger partial charge in [-0.25, -0.2) is 9.97 Å². The fourth-order valence-electron chi connectivity index (χ4n) is 9.61. The molecule has 66 heavy (non-hydrogen) atoms. The lowest BCUT2D eigenvalue weighted by Crippen LogP contribution is -1.96. The molecule has 0 N–H and O–H groups in total. The molecule has 0 amide bonds. The minimum atomic E-state index is 0.641. The molecule has 1 heterocycles. The van der Waals surface area contributed by atoms with E-state index >= 15 is 0 Å². The van der Waals surface area contributed by atoms with Crippen molar-refractivity contribution >= 4 is 43.1 Å². The fraction of sp³-hybridized carbons (Fsp3) is 0. The van der Waals surface area contributed by atoms with E-state index < -0.39 is 0 Å². The summed E-state index contributed by atoms with van der Waals surface area (Å²) in [5, 5.41) is 19.4. The van der Waals surface area contributed by atoms with Crippen molar-refractivity contribution in [3.63, 3.8) is 0 Å². The molecule has 3 heteroatoms. The molecule has 3 nitrogen and oxygen atoms in total. The second kappa shape index (κ2) is 16.3. The summed E-state index contributed by atoms with van der Waals surface area (Å²) in [7, 11) is 0. The van der Waals surface area contributed by atoms with Crippen molar-refractivity contribution in [2.75, 3.05) is 0 Å². The number of hydrogen-bond acceptors (Lipinski definition) is 3. The lowest BCUT2D eigenvalue weighted by Gasteiger charge is -2.17. The fourth-order valence-corrected chi connectivity index (χ4v) is 9.61. The van der Waals surface area contributed by atoms with E-state index in [-0.39, 0.29) is 0 Å². The Hall–Kier alpha value is -8.97. The molecule has 0 aliphatic heterocycles. The number of aromatic nitrogens is 2. The van der Waals surface area contributed by atoms with Crippen LogP contribution in [0.4, 0.5) is 0 Å². The average molecular weight is 838 g/mol. The van der Waals surface area contributed by atoms with Crippen molar-refractivity contribution in [3.8, 4) is 84.5 Å². The van der Waals surface area contributed by atoms with Gasteiger partial charge in [0.2, 0.25) is 0 Å². The van der Waals surface area contributed by atoms with Gasteiger partial charge in [-0.1, -0.05) is 206 Å². The van der Waals surface area contributed by atoms with Crippen LogP contribution in [0.25, 0.3) is 122 Å². The van der Waals surface area contributed by atoms with Gasteiger partial charge >= 0.3 is 0 Å². The summed E-state index contributed by atoms with van der Waals surface area (Å²) in [4.78, 5) is 10.2. The third-order valence-electron chi connectivity index (χ3n) is 12.9. The van der Waals surface area contributed by atoms with E-state index in [1.54, 1.807) is 0 Å². The van der Waals surface area contributed by atoms with Crippen molar-refractivity contribution in [1.82, 2.24) is 9.97 Å². The van der Waals surface area contributed by atoms with Crippen LogP contribution in [0.2, 0.25) is 0 Å². The monoisotopic (exact) mass is 837 g/mol. The zero-order valence-corrected chi connectivity index (χ0v) is 35.9. The molecule has 0 saturated heterocycles. The number of rotatable bonds is 7. The van der Waals surface area contributed by atoms with E-state index in [1.807, 2.05) is 42.5 Å². The van der Waals surface area contributed by atoms with E-state index in [0.717, 1.165) is 50.3 Å². The van der Waals surface area contributed by atoms with Crippen LogP contribution in [0.15, 0.2) is 237 Å². The number of nitrogens with zero attached hydrogens (tertiary/aromatic N) is 3. The van der Waals surface area contributed by atoms with Crippen LogP contribution in [0, 0.1) is 11.3 Å². The first-order valence-electron chi connectivity index (χ1n) is 22.3. The topological polar surface area (TPSA) is 49.6 Å². The Labute approximate surface area is 383 Å². The highest BCUT2D eigenvalue weighted by molar-refractivity contribution is 6.23. The first kappa shape index (κ1) is 38.7. The molecule has 0 aliphatic rings. The average Bonchev–Trinajstić information content (AvgIpc) is 3.40. The van der Waals surface area contributed by atoms with Gasteiger partial charge in [-0.15, -0.1) is 0 Å². The predicted octanol–water partition coefficient (Wildman–Crippen LogP) is 16.6. The van der Waals surface area contributed by atoms with Crippen LogP contribution in [-0.2, 0) is 0 Å². The molecule has 11 aromatic carbocycles. The minimum Gasteiger partial charge on any atom is -0.228 e. The van der Waals surface area contributed by atoms with Gasteiger partial charge in [0.1, 0.15) is 0 Å². The number of hydrogen-bond donors (Lipinski definition) is 0. The Morgan fingerprint density at radius 3 is 1.55 bits per heavy atom. The summed E-state index contributed by atoms with van der Waals surface area (Å²) in [6.07, 6.45) is 0. The van der Waals surface area contributed by atoms with E-state index in [1.165, 1.54) is 65.3 Å². The highest BCUT2D eigenvalue weighted by atomic mass is 14.9. The van der Waals surface area contributed by atoms with Gasteiger partial charge in [0.05, 0.1) is 23.0 Å². The van der Waals surface area contributed by atoms with Crippen molar-refractivity contribution in [2.24, 2.45) is 0 Å². The van der Waals surface area contributed by atoms with Gasteiger partial charge in [0.15, 0.2) is 5.82 Å². The Morgan fingerprint density at radius 1 is 0.288 bits per heavy atom. The largest absolute Gasteiger partial charge is 0.228 e. The molecule has 12 rings (SSSR count). The van der Waals surface area contributed by atoms with Gasteiger partial charge in [0, 0.05) is 16.7 Å². The second-order valence-electron chi connectivity index (χ2n) is 16.8. The molecule has 0 unspecified atom stereocenters. The van der Waals surface area contributed by atoms with Gasteiger partial charge < -0.3 is 0 Å². The molecule has 0 bridgehead atoms. The molecular weight excluding hydrogens is 799 g/mol. The van der Waals surface area contributed by atoms with Gasteiger partial charge in [0.25, 0.3) is 0 Å². The van der Waals surface area contributed by atoms with Gasteiger partial charge in [-0.2, -0.15) is 5.26 Å². The first-order valence-corrected chi connectivity index (χ1v) is 22.3. The van der Waals surface area contributed by atoms with Crippen LogP contribution in [-0.4, -0.2) is 9.97 Å². The van der Waals surface area contributed by atoms with Gasteiger partial charge in [-0.3, -0.25) is 0 Å². The zero-order chi connectivity index (χ0) is 44.0. The van der Waals surface area contributed by atoms with E-state index in [4.69, 9.17) is 9.97 Å². The molecule has 0 saturated carbocycles. The van der Waals surface area contributed by atoms with Crippen molar-refractivity contribution in [3.05, 3.63) is 242 Å². The van der Waals surface area contributed by atoms with Gasteiger partial charge in [-0.05, 0) is 118 Å². The summed E-state index contributed by atoms with van der Waals surface area (Å²) in [6.45, 7) is 0. The molecule has 306 valence electrons. The van der Waals surface area contributed by atoms with Crippen LogP contribution in [0.1, 0.15) is 5.56 Å². The molecule has 12 aromatic rings. The van der Waals surface area contributed by atoms with Crippen LogP contribution < -0.4 is 0 Å². The summed E-state index contributed by atoms with van der Waals surface area (Å²) >= 11 is 0. The van der Waals surface area contributed by atoms with Crippen molar-refractivity contribution in [2.45, 2.75) is 0 Å². The third-order valence-corrected chi connectivity index (χ3v) is 12.9. The van der Waals surface area contributed by atoms with Crippen LogP contribution >= 0.6 is 0 Å². The highest BCUT2D eigenvalue weighted by Gasteiger charge is 2.17. The SMILES string of the molecule is N#Cc1ccc(-c2cccc(-c3cc(-c4ccccc4)nc(-c4ccc(-c5ccc(-c6ccc(-c7c8ccccc8cc8c7ccc7ccccc78)c7ccccc67)cc5)cc4)n3)c2)cc1. The first-order chi connectivity index (χ1) is 32.6. The summed E-state index contributed by atoms with van der Waals surface area (Å²) in [5.41, 5.74) is 14.6. The van der Waals surface area contributed by atoms with E-state index in [2.05, 4.69) is 200 Å². The molecule has 0 atom stereocenters. The van der Waals surface area contributed by atoms with E-state index in [0.29, 0.717) is 11.4 Å². The summed E-state index contributed by atoms with van der Waals surface area (Å²) < 4.78 is 0. The lowest BCUT2D eigenvalue weighted by molar-refractivity contribution is 1.18. The maximum atomic E-state index is 9.32. The van der Waals surface area contributed by atoms with Crippen molar-refractivity contribution < 1.29 is 0 Å². The maximum Gasteiger partial charge on any atom is 0.160 e. The quantitative estimate of drug-likeness (QED) is 0.119. The Kier molecular flexibility index (Phi) is 9.55. The molecule has 0 fully saturated rings. The minimum absolute atomic E-state index is 0.641. The zero-order valence-electron chi connectivity index (χ0n) is 35.9. The third kappa shape index (κ3) is 6.95. The predicted molar refractivity (Wildman–Crippen MR) is 275 cm³/mol. The van der Waals surface area contributed by atoms with Crippen molar-refractivity contribution in [1.29, 1.82) is 5.26 Å². The molecule has 1 aromatic heterocycles. The lowest BCUT2D eigenvalue weighted by atomic mass is 9.86. The molecule has 0 aliphatic carbocycles. The standard InChI is InChI=1S/C63H39N3/c64-40-41-21-23-44(24-22-41)49-15-10-16-51(37-49)61-39-60(47-12-2-1-3-13-47)65-63(66-61)48-31-27-43(28-32-48)42-25-29-46(30-26-42)53-35-36-57(56-20-9-8-19-55(53)56)62-54-18-7-5-14-50(54)38-59-52-17-6-4-11-45(52)33-34-58(59)62/h1-39H. The Balaban J connectivity index is 0.883. The Bertz CT molecular complexity index is 3850. The number of nitriles is 1. The normalized spacial score (nSPS) is 11.3. The maximum absolute atomic E-state index is 9.32. The summed E-state index contributed by atoms with van der Waals surface area (Å²) in [6, 6.07) is 86.0. The Morgan fingerprint density at radius 2 is 0.818 bits per heavy atom. The van der Waals surface area contributed by atoms with E-state index in [9.17, 15) is 5.26 Å². The van der Waals surface area contributed by atoms with Crippen LogP contribution in [0.5, 0.6) is 0 Å². The smallest absolute Gasteiger partial charge is 0.160 e. The number of benzene rings is 11. The second-order valence-corrected chi connectivity index (χ2v) is 16.8. The number of fused-ring (bicyclic) bond motifs is 5. The molecule has 0 spiro atoms. The molecule has 0 radical (unpaired) electrons. The molecular formula is C63H39N3. The van der Waals surface area contributed by atoms with Crippen LogP contribution in [0.3, 0.4) is 0 Å². The summed E-state index contributed by atoms with van der Waals surface area (Å²) in [5.74, 6) is 0.664.